The molecular weight excluding hydrogens is 555 g/mol. The van der Waals surface area contributed by atoms with E-state index in [4.69, 9.17) is 32.7 Å². The Hall–Kier alpha value is -3.02. The summed E-state index contributed by atoms with van der Waals surface area (Å²) < 4.78 is 11.9. The van der Waals surface area contributed by atoms with Crippen molar-refractivity contribution in [2.45, 2.75) is 49.5 Å². The second kappa shape index (κ2) is 12.9. The molecule has 0 radical (unpaired) electrons. The van der Waals surface area contributed by atoms with Crippen LogP contribution in [0.25, 0.3) is 0 Å². The highest BCUT2D eigenvalue weighted by atomic mass is 35.5. The lowest BCUT2D eigenvalue weighted by atomic mass is 9.89. The van der Waals surface area contributed by atoms with Crippen LogP contribution in [0.3, 0.4) is 0 Å². The fourth-order valence-electron chi connectivity index (χ4n) is 4.78. The number of rotatable bonds is 8. The number of carbonyl (C=O) groups is 2. The van der Waals surface area contributed by atoms with Gasteiger partial charge in [0, 0.05) is 21.4 Å². The van der Waals surface area contributed by atoms with Gasteiger partial charge in [-0.2, -0.15) is 5.26 Å². The molecule has 1 amide bonds. The van der Waals surface area contributed by atoms with Crippen LogP contribution < -0.4 is 0 Å². The van der Waals surface area contributed by atoms with Crippen LogP contribution in [0.4, 0.5) is 0 Å². The molecule has 1 heterocycles. The van der Waals surface area contributed by atoms with Crippen LogP contribution in [0.5, 0.6) is 0 Å². The Balaban J connectivity index is 1.83. The normalized spacial score (nSPS) is 19.8. The number of carbonyl (C=O) groups excluding carboxylic acids is 2. The van der Waals surface area contributed by atoms with Gasteiger partial charge in [-0.25, -0.2) is 4.79 Å². The zero-order valence-electron chi connectivity index (χ0n) is 21.8. The number of esters is 1. The van der Waals surface area contributed by atoms with E-state index in [9.17, 15) is 14.9 Å². The van der Waals surface area contributed by atoms with Crippen LogP contribution in [-0.4, -0.2) is 41.8 Å². The Morgan fingerprint density at radius 3 is 2.26 bits per heavy atom. The standard InChI is InChI=1S/C30H28Cl2N2O4S/c1-4-37-30(36)18(2)34-27(19-5-10-23(31)11-6-19)28(20-7-12-24(32)13-8-20)38-26(29(34)35)16-21-9-14-25(39-3)15-22(21)17-33/h5-15,18,26-28H,4,16H2,1-3H3/t18?,26-,27?,28?/m0/s1. The number of morpholine rings is 1. The lowest BCUT2D eigenvalue weighted by Gasteiger charge is -2.46. The maximum absolute atomic E-state index is 14.1. The predicted octanol–water partition coefficient (Wildman–Crippen LogP) is 6.79. The molecule has 0 bridgehead atoms. The molecule has 1 saturated heterocycles. The van der Waals surface area contributed by atoms with Gasteiger partial charge in [0.1, 0.15) is 18.2 Å². The highest BCUT2D eigenvalue weighted by Gasteiger charge is 2.47. The van der Waals surface area contributed by atoms with Gasteiger partial charge in [-0.15, -0.1) is 11.8 Å². The molecule has 0 saturated carbocycles. The number of halogens is 2. The van der Waals surface area contributed by atoms with E-state index in [-0.39, 0.29) is 18.9 Å². The van der Waals surface area contributed by atoms with Gasteiger partial charge >= 0.3 is 5.97 Å². The number of amides is 1. The number of benzene rings is 3. The van der Waals surface area contributed by atoms with E-state index in [0.717, 1.165) is 16.0 Å². The van der Waals surface area contributed by atoms with Crippen LogP contribution in [0.15, 0.2) is 71.6 Å². The molecule has 3 aromatic rings. The van der Waals surface area contributed by atoms with Crippen molar-refractivity contribution < 1.29 is 19.1 Å². The van der Waals surface area contributed by atoms with E-state index < -0.39 is 30.3 Å². The molecule has 202 valence electrons. The van der Waals surface area contributed by atoms with E-state index in [1.807, 2.05) is 42.7 Å². The zero-order valence-corrected chi connectivity index (χ0v) is 24.1. The van der Waals surface area contributed by atoms with Crippen molar-refractivity contribution in [1.82, 2.24) is 4.90 Å². The minimum Gasteiger partial charge on any atom is -0.464 e. The van der Waals surface area contributed by atoms with Crippen LogP contribution in [0.1, 0.15) is 48.2 Å². The first-order chi connectivity index (χ1) is 18.8. The van der Waals surface area contributed by atoms with Crippen molar-refractivity contribution in [1.29, 1.82) is 5.26 Å². The van der Waals surface area contributed by atoms with Crippen LogP contribution in [0, 0.1) is 11.3 Å². The molecule has 1 aliphatic rings. The SMILES string of the molecule is CCOC(=O)C(C)N1C(=O)[C@H](Cc2ccc(SC)cc2C#N)OC(c2ccc(Cl)cc2)C1c1ccc(Cl)cc1. The number of thioether (sulfide) groups is 1. The summed E-state index contributed by atoms with van der Waals surface area (Å²) in [5.74, 6) is -0.874. The van der Waals surface area contributed by atoms with Crippen molar-refractivity contribution in [2.24, 2.45) is 0 Å². The van der Waals surface area contributed by atoms with Gasteiger partial charge < -0.3 is 14.4 Å². The van der Waals surface area contributed by atoms with E-state index >= 15 is 0 Å². The Labute approximate surface area is 242 Å². The molecule has 0 aromatic heterocycles. The van der Waals surface area contributed by atoms with Crippen LogP contribution in [0.2, 0.25) is 10.0 Å². The third-order valence-electron chi connectivity index (χ3n) is 6.73. The maximum Gasteiger partial charge on any atom is 0.328 e. The Bertz CT molecular complexity index is 1380. The van der Waals surface area contributed by atoms with Crippen LogP contribution in [-0.2, 0) is 25.5 Å². The van der Waals surface area contributed by atoms with Crippen molar-refractivity contribution in [3.63, 3.8) is 0 Å². The van der Waals surface area contributed by atoms with Gasteiger partial charge in [-0.05, 0) is 73.2 Å². The van der Waals surface area contributed by atoms with Gasteiger partial charge in [0.25, 0.3) is 5.91 Å². The molecule has 4 atom stereocenters. The largest absolute Gasteiger partial charge is 0.464 e. The molecular formula is C30H28Cl2N2O4S. The van der Waals surface area contributed by atoms with Gasteiger partial charge in [-0.3, -0.25) is 4.79 Å². The predicted molar refractivity (Wildman–Crippen MR) is 153 cm³/mol. The van der Waals surface area contributed by atoms with E-state index in [0.29, 0.717) is 21.2 Å². The van der Waals surface area contributed by atoms with Crippen molar-refractivity contribution in [3.05, 3.63) is 99.0 Å². The number of hydrogen-bond acceptors (Lipinski definition) is 6. The highest BCUT2D eigenvalue weighted by molar-refractivity contribution is 7.98. The molecule has 4 rings (SSSR count). The van der Waals surface area contributed by atoms with Gasteiger partial charge in [0.2, 0.25) is 0 Å². The summed E-state index contributed by atoms with van der Waals surface area (Å²) in [6.07, 6.45) is 0.517. The van der Waals surface area contributed by atoms with Crippen molar-refractivity contribution >= 4 is 46.8 Å². The lowest BCUT2D eigenvalue weighted by Crippen LogP contribution is -2.56. The molecule has 0 aliphatic carbocycles. The first-order valence-corrected chi connectivity index (χ1v) is 14.5. The summed E-state index contributed by atoms with van der Waals surface area (Å²) in [4.78, 5) is 29.6. The molecule has 6 nitrogen and oxygen atoms in total. The summed E-state index contributed by atoms with van der Waals surface area (Å²) in [5.41, 5.74) is 2.71. The molecule has 0 spiro atoms. The third-order valence-corrected chi connectivity index (χ3v) is 7.95. The summed E-state index contributed by atoms with van der Waals surface area (Å²) in [6, 6.07) is 20.6. The van der Waals surface area contributed by atoms with E-state index in [2.05, 4.69) is 6.07 Å². The number of nitrogens with zero attached hydrogens (tertiary/aromatic N) is 2. The quantitative estimate of drug-likeness (QED) is 0.215. The molecule has 3 unspecified atom stereocenters. The summed E-state index contributed by atoms with van der Waals surface area (Å²) in [5, 5.41) is 10.9. The second-order valence-corrected chi connectivity index (χ2v) is 10.9. The summed E-state index contributed by atoms with van der Waals surface area (Å²) in [6.45, 7) is 3.57. The van der Waals surface area contributed by atoms with Gasteiger partial charge in [0.05, 0.1) is 24.3 Å². The topological polar surface area (TPSA) is 79.6 Å². The highest BCUT2D eigenvalue weighted by Crippen LogP contribution is 2.44. The fourth-order valence-corrected chi connectivity index (χ4v) is 5.47. The summed E-state index contributed by atoms with van der Waals surface area (Å²) in [7, 11) is 0. The third kappa shape index (κ3) is 6.42. The fraction of sp³-hybridized carbons (Fsp3) is 0.300. The number of ether oxygens (including phenoxy) is 2. The van der Waals surface area contributed by atoms with Crippen molar-refractivity contribution in [3.8, 4) is 6.07 Å². The minimum atomic E-state index is -0.946. The molecule has 39 heavy (non-hydrogen) atoms. The second-order valence-electron chi connectivity index (χ2n) is 9.11. The lowest BCUT2D eigenvalue weighted by molar-refractivity contribution is -0.184. The average Bonchev–Trinajstić information content (AvgIpc) is 2.94. The molecule has 1 aliphatic heterocycles. The Morgan fingerprint density at radius 1 is 1.08 bits per heavy atom. The van der Waals surface area contributed by atoms with E-state index in [1.165, 1.54) is 11.8 Å². The van der Waals surface area contributed by atoms with Gasteiger partial charge in [0.15, 0.2) is 0 Å². The van der Waals surface area contributed by atoms with Crippen LogP contribution >= 0.6 is 35.0 Å². The smallest absolute Gasteiger partial charge is 0.328 e. The Morgan fingerprint density at radius 2 is 1.69 bits per heavy atom. The average molecular weight is 584 g/mol. The Kier molecular flexibility index (Phi) is 9.58. The van der Waals surface area contributed by atoms with E-state index in [1.54, 1.807) is 49.1 Å². The number of nitriles is 1. The molecule has 0 N–H and O–H groups in total. The molecule has 3 aromatic carbocycles. The number of hydrogen-bond donors (Lipinski definition) is 0. The molecule has 9 heteroatoms. The minimum absolute atomic E-state index is 0.167. The first kappa shape index (κ1) is 29.0. The maximum atomic E-state index is 14.1. The summed E-state index contributed by atoms with van der Waals surface area (Å²) >= 11 is 13.9. The van der Waals surface area contributed by atoms with Gasteiger partial charge in [-0.1, -0.05) is 53.5 Å². The molecule has 1 fully saturated rings. The van der Waals surface area contributed by atoms with Crippen molar-refractivity contribution in [2.75, 3.05) is 12.9 Å². The monoisotopic (exact) mass is 582 g/mol. The zero-order chi connectivity index (χ0) is 28.1. The first-order valence-electron chi connectivity index (χ1n) is 12.5.